The first-order valence-corrected chi connectivity index (χ1v) is 8.60. The van der Waals surface area contributed by atoms with Crippen molar-refractivity contribution < 1.29 is 4.79 Å². The van der Waals surface area contributed by atoms with E-state index in [9.17, 15) is 14.4 Å². The zero-order chi connectivity index (χ0) is 19.0. The molecule has 1 aromatic carbocycles. The van der Waals surface area contributed by atoms with Crippen LogP contribution in [0.3, 0.4) is 0 Å². The van der Waals surface area contributed by atoms with Gasteiger partial charge in [-0.25, -0.2) is 4.68 Å². The molecular weight excluding hydrogens is 379 g/mol. The Balaban J connectivity index is 2.16. The minimum Gasteiger partial charge on any atom is -0.355 e. The van der Waals surface area contributed by atoms with Gasteiger partial charge in [0.25, 0.3) is 11.1 Å². The van der Waals surface area contributed by atoms with Gasteiger partial charge in [-0.2, -0.15) is 0 Å². The predicted octanol–water partition coefficient (Wildman–Crippen LogP) is 2.23. The highest BCUT2D eigenvalue weighted by molar-refractivity contribution is 6.34. The van der Waals surface area contributed by atoms with Crippen LogP contribution in [-0.2, 0) is 11.3 Å². The van der Waals surface area contributed by atoms with Gasteiger partial charge in [0.15, 0.2) is 0 Å². The Kier molecular flexibility index (Phi) is 4.93. The number of carbonyl (C=O) groups excluding carboxylic acids is 1. The van der Waals surface area contributed by atoms with Crippen molar-refractivity contribution in [1.29, 1.82) is 0 Å². The van der Waals surface area contributed by atoms with Gasteiger partial charge < -0.3 is 9.88 Å². The van der Waals surface area contributed by atoms with Crippen LogP contribution in [0.2, 0.25) is 10.0 Å². The van der Waals surface area contributed by atoms with E-state index in [4.69, 9.17) is 23.2 Å². The van der Waals surface area contributed by atoms with Crippen molar-refractivity contribution in [3.63, 3.8) is 0 Å². The predicted molar refractivity (Wildman–Crippen MR) is 102 cm³/mol. The molecule has 0 radical (unpaired) electrons. The quantitative estimate of drug-likeness (QED) is 0.710. The molecule has 3 aromatic rings. The molecule has 0 aliphatic heterocycles. The van der Waals surface area contributed by atoms with Crippen LogP contribution >= 0.6 is 23.2 Å². The molecule has 0 aliphatic rings. The summed E-state index contributed by atoms with van der Waals surface area (Å²) in [6, 6.07) is 6.14. The maximum absolute atomic E-state index is 12.9. The number of pyridine rings is 1. The molecule has 0 saturated heterocycles. The summed E-state index contributed by atoms with van der Waals surface area (Å²) >= 11 is 12.2. The Hall–Kier alpha value is -2.51. The molecule has 0 saturated carbocycles. The van der Waals surface area contributed by atoms with E-state index in [0.29, 0.717) is 38.9 Å². The number of amides is 1. The first-order chi connectivity index (χ1) is 12.3. The van der Waals surface area contributed by atoms with Crippen LogP contribution in [0.5, 0.6) is 0 Å². The molecule has 0 fully saturated rings. The Morgan fingerprint density at radius 3 is 2.65 bits per heavy atom. The summed E-state index contributed by atoms with van der Waals surface area (Å²) in [4.78, 5) is 36.3. The highest BCUT2D eigenvalue weighted by Crippen LogP contribution is 2.24. The topological polar surface area (TPSA) is 88.9 Å². The fraction of sp³-hybridized carbons (Fsp3) is 0.235. The lowest BCUT2D eigenvalue weighted by atomic mass is 10.2. The summed E-state index contributed by atoms with van der Waals surface area (Å²) in [5, 5.41) is 6.70. The smallest absolute Gasteiger partial charge is 0.280 e. The number of rotatable bonds is 4. The van der Waals surface area contributed by atoms with E-state index in [1.54, 1.807) is 25.1 Å². The third-order valence-electron chi connectivity index (χ3n) is 4.08. The van der Waals surface area contributed by atoms with Crippen molar-refractivity contribution in [1.82, 2.24) is 19.7 Å². The Morgan fingerprint density at radius 2 is 1.96 bits per heavy atom. The van der Waals surface area contributed by atoms with Gasteiger partial charge in [-0.3, -0.25) is 19.5 Å². The van der Waals surface area contributed by atoms with Crippen LogP contribution < -0.4 is 16.4 Å². The van der Waals surface area contributed by atoms with Crippen molar-refractivity contribution in [3.8, 4) is 5.69 Å². The molecule has 0 aliphatic carbocycles. The highest BCUT2D eigenvalue weighted by atomic mass is 35.5. The molecule has 2 heterocycles. The molecule has 0 atom stereocenters. The van der Waals surface area contributed by atoms with Gasteiger partial charge in [-0.05, 0) is 25.1 Å². The number of H-pyrrole nitrogens is 1. The largest absolute Gasteiger partial charge is 0.355 e. The third-order valence-corrected chi connectivity index (χ3v) is 4.63. The van der Waals surface area contributed by atoms with Crippen molar-refractivity contribution in [2.24, 2.45) is 0 Å². The maximum atomic E-state index is 12.9. The van der Waals surface area contributed by atoms with Gasteiger partial charge >= 0.3 is 0 Å². The molecule has 2 aromatic heterocycles. The number of nitrogens with one attached hydrogen (secondary N) is 2. The van der Waals surface area contributed by atoms with Gasteiger partial charge in [0.1, 0.15) is 0 Å². The van der Waals surface area contributed by atoms with E-state index < -0.39 is 0 Å². The number of aryl methyl sites for hydroxylation is 1. The second kappa shape index (κ2) is 7.01. The lowest BCUT2D eigenvalue weighted by Crippen LogP contribution is -2.30. The van der Waals surface area contributed by atoms with E-state index >= 15 is 0 Å². The van der Waals surface area contributed by atoms with Crippen LogP contribution in [-0.4, -0.2) is 26.8 Å². The molecular formula is C17H16Cl2N4O3. The maximum Gasteiger partial charge on any atom is 0.280 e. The first-order valence-electron chi connectivity index (χ1n) is 7.84. The van der Waals surface area contributed by atoms with Crippen molar-refractivity contribution >= 4 is 40.0 Å². The Labute approximate surface area is 158 Å². The summed E-state index contributed by atoms with van der Waals surface area (Å²) in [5.74, 6) is -0.184. The van der Waals surface area contributed by atoms with E-state index in [1.165, 1.54) is 22.2 Å². The van der Waals surface area contributed by atoms with Crippen LogP contribution in [0.25, 0.3) is 16.6 Å². The summed E-state index contributed by atoms with van der Waals surface area (Å²) in [6.07, 6.45) is 0. The van der Waals surface area contributed by atoms with E-state index in [2.05, 4.69) is 10.4 Å². The molecule has 136 valence electrons. The van der Waals surface area contributed by atoms with Crippen LogP contribution in [0.4, 0.5) is 0 Å². The lowest BCUT2D eigenvalue weighted by Gasteiger charge is -2.10. The summed E-state index contributed by atoms with van der Waals surface area (Å²) in [5.41, 5.74) is 0.707. The van der Waals surface area contributed by atoms with Crippen LogP contribution in [0, 0.1) is 6.92 Å². The molecule has 26 heavy (non-hydrogen) atoms. The van der Waals surface area contributed by atoms with Gasteiger partial charge in [0, 0.05) is 36.8 Å². The number of aromatic nitrogens is 3. The van der Waals surface area contributed by atoms with E-state index in [1.807, 2.05) is 0 Å². The summed E-state index contributed by atoms with van der Waals surface area (Å²) in [7, 11) is 0. The van der Waals surface area contributed by atoms with E-state index in [0.717, 1.165) is 0 Å². The Bertz CT molecular complexity index is 1130. The number of fused-ring (bicyclic) bond motifs is 1. The number of benzene rings is 1. The zero-order valence-electron chi connectivity index (χ0n) is 14.1. The van der Waals surface area contributed by atoms with Crippen LogP contribution in [0.15, 0.2) is 33.9 Å². The number of carbonyl (C=O) groups is 1. The average molecular weight is 395 g/mol. The molecule has 7 nitrogen and oxygen atoms in total. The second-order valence-corrected chi connectivity index (χ2v) is 6.68. The number of aromatic amines is 1. The van der Waals surface area contributed by atoms with Gasteiger partial charge in [0.2, 0.25) is 5.91 Å². The minimum atomic E-state index is -0.338. The van der Waals surface area contributed by atoms with Gasteiger partial charge in [-0.1, -0.05) is 23.2 Å². The molecule has 3 rings (SSSR count). The van der Waals surface area contributed by atoms with Crippen molar-refractivity contribution in [3.05, 3.63) is 60.7 Å². The first kappa shape index (κ1) is 18.3. The zero-order valence-corrected chi connectivity index (χ0v) is 15.6. The lowest BCUT2D eigenvalue weighted by molar-refractivity contribution is -0.118. The Morgan fingerprint density at radius 1 is 1.23 bits per heavy atom. The van der Waals surface area contributed by atoms with Gasteiger partial charge in [-0.15, -0.1) is 0 Å². The fourth-order valence-electron chi connectivity index (χ4n) is 2.86. The summed E-state index contributed by atoms with van der Waals surface area (Å²) < 4.78 is 2.72. The van der Waals surface area contributed by atoms with Crippen molar-refractivity contribution in [2.75, 3.05) is 6.54 Å². The SMILES string of the molecule is CC(=O)NCCn1c(C)c2c(=O)n(-c3cc(Cl)ccc3Cl)[nH]c2cc1=O. The fourth-order valence-corrected chi connectivity index (χ4v) is 3.23. The minimum absolute atomic E-state index is 0.184. The number of hydrogen-bond donors (Lipinski definition) is 2. The van der Waals surface area contributed by atoms with Crippen LogP contribution in [0.1, 0.15) is 12.6 Å². The molecule has 0 bridgehead atoms. The molecule has 0 unspecified atom stereocenters. The number of nitrogens with zero attached hydrogens (tertiary/aromatic N) is 2. The molecule has 1 amide bonds. The summed E-state index contributed by atoms with van der Waals surface area (Å²) in [6.45, 7) is 3.65. The number of hydrogen-bond acceptors (Lipinski definition) is 3. The average Bonchev–Trinajstić information content (AvgIpc) is 2.89. The molecule has 9 heteroatoms. The van der Waals surface area contributed by atoms with E-state index in [-0.39, 0.29) is 23.6 Å². The third kappa shape index (κ3) is 3.27. The normalized spacial score (nSPS) is 11.1. The monoisotopic (exact) mass is 394 g/mol. The van der Waals surface area contributed by atoms with Gasteiger partial charge in [0.05, 0.1) is 21.6 Å². The molecule has 2 N–H and O–H groups in total. The highest BCUT2D eigenvalue weighted by Gasteiger charge is 2.16. The van der Waals surface area contributed by atoms with Crippen molar-refractivity contribution in [2.45, 2.75) is 20.4 Å². The standard InChI is InChI=1S/C17H16Cl2N4O3/c1-9-16-13(8-15(25)22(9)6-5-20-10(2)24)21-23(17(16)26)14-7-11(18)3-4-12(14)19/h3-4,7-8,21H,5-6H2,1-2H3,(H,20,24). The second-order valence-electron chi connectivity index (χ2n) is 5.84. The number of halogens is 2. The molecule has 0 spiro atoms.